The van der Waals surface area contributed by atoms with Crippen molar-refractivity contribution < 1.29 is 5.11 Å². The van der Waals surface area contributed by atoms with Crippen LogP contribution in [0.4, 0.5) is 0 Å². The summed E-state index contributed by atoms with van der Waals surface area (Å²) in [5.74, 6) is 0.777. The molecule has 2 N–H and O–H groups in total. The first kappa shape index (κ1) is 17.8. The van der Waals surface area contributed by atoms with Crippen LogP contribution in [-0.2, 0) is 6.54 Å². The van der Waals surface area contributed by atoms with Gasteiger partial charge in [0.1, 0.15) is 0 Å². The van der Waals surface area contributed by atoms with Crippen LogP contribution in [0.5, 0.6) is 0 Å². The maximum absolute atomic E-state index is 9.45. The van der Waals surface area contributed by atoms with Gasteiger partial charge in [-0.25, -0.2) is 0 Å². The number of nitrogens with zero attached hydrogens (tertiary/aromatic N) is 2. The van der Waals surface area contributed by atoms with Crippen LogP contribution in [0, 0.1) is 5.92 Å². The molecular formula is C20H33N3O. The van der Waals surface area contributed by atoms with Crippen LogP contribution < -0.4 is 5.32 Å². The van der Waals surface area contributed by atoms with Crippen molar-refractivity contribution in [2.45, 2.75) is 70.0 Å². The van der Waals surface area contributed by atoms with Crippen LogP contribution in [0.2, 0.25) is 0 Å². The zero-order valence-electron chi connectivity index (χ0n) is 14.9. The Morgan fingerprint density at radius 3 is 2.62 bits per heavy atom. The molecule has 1 aromatic rings. The number of hydrogen-bond acceptors (Lipinski definition) is 4. The predicted molar refractivity (Wildman–Crippen MR) is 97.7 cm³/mol. The molecule has 1 saturated heterocycles. The molecule has 1 aromatic heterocycles. The molecule has 2 fully saturated rings. The Balaban J connectivity index is 1.44. The highest BCUT2D eigenvalue weighted by Gasteiger charge is 2.27. The number of nitrogens with one attached hydrogen (secondary N) is 1. The molecule has 0 aromatic carbocycles. The highest BCUT2D eigenvalue weighted by atomic mass is 16.3. The summed E-state index contributed by atoms with van der Waals surface area (Å²) in [4.78, 5) is 6.75. The van der Waals surface area contributed by atoms with E-state index in [4.69, 9.17) is 0 Å². The minimum absolute atomic E-state index is 0.314. The molecule has 4 nitrogen and oxygen atoms in total. The van der Waals surface area contributed by atoms with Crippen LogP contribution in [0.15, 0.2) is 24.5 Å². The largest absolute Gasteiger partial charge is 0.396 e. The topological polar surface area (TPSA) is 48.4 Å². The lowest BCUT2D eigenvalue weighted by Gasteiger charge is -2.38. The van der Waals surface area contributed by atoms with Gasteiger partial charge in [0.05, 0.1) is 0 Å². The van der Waals surface area contributed by atoms with Crippen LogP contribution in [0.25, 0.3) is 0 Å². The Morgan fingerprint density at radius 2 is 1.96 bits per heavy atom. The van der Waals surface area contributed by atoms with Crippen LogP contribution in [0.1, 0.15) is 56.9 Å². The van der Waals surface area contributed by atoms with Crippen molar-refractivity contribution in [2.24, 2.45) is 5.92 Å². The van der Waals surface area contributed by atoms with Gasteiger partial charge >= 0.3 is 0 Å². The third kappa shape index (κ3) is 5.27. The van der Waals surface area contributed by atoms with Gasteiger partial charge in [-0.15, -0.1) is 0 Å². The van der Waals surface area contributed by atoms with Crippen molar-refractivity contribution >= 4 is 0 Å². The second-order valence-corrected chi connectivity index (χ2v) is 7.60. The molecular weight excluding hydrogens is 298 g/mol. The number of piperidine rings is 1. The van der Waals surface area contributed by atoms with Crippen molar-refractivity contribution in [2.75, 3.05) is 19.7 Å². The molecule has 2 aliphatic rings. The van der Waals surface area contributed by atoms with E-state index in [-0.39, 0.29) is 0 Å². The third-order valence-corrected chi connectivity index (χ3v) is 5.83. The Morgan fingerprint density at radius 1 is 1.17 bits per heavy atom. The predicted octanol–water partition coefficient (Wildman–Crippen LogP) is 2.97. The fraction of sp³-hybridized carbons (Fsp3) is 0.750. The molecule has 0 bridgehead atoms. The number of aliphatic hydroxyl groups is 1. The first-order valence-corrected chi connectivity index (χ1v) is 9.83. The molecule has 3 rings (SSSR count). The normalized spacial score (nSPS) is 22.5. The van der Waals surface area contributed by atoms with E-state index < -0.39 is 0 Å². The highest BCUT2D eigenvalue weighted by molar-refractivity contribution is 5.08. The van der Waals surface area contributed by atoms with E-state index in [2.05, 4.69) is 21.3 Å². The van der Waals surface area contributed by atoms with Crippen molar-refractivity contribution in [3.8, 4) is 0 Å². The van der Waals surface area contributed by atoms with E-state index >= 15 is 0 Å². The van der Waals surface area contributed by atoms with Gasteiger partial charge in [0.15, 0.2) is 0 Å². The van der Waals surface area contributed by atoms with Gasteiger partial charge in [-0.1, -0.05) is 25.3 Å². The monoisotopic (exact) mass is 331 g/mol. The van der Waals surface area contributed by atoms with Crippen molar-refractivity contribution in [3.63, 3.8) is 0 Å². The first-order chi connectivity index (χ1) is 11.8. The number of hydrogen-bond donors (Lipinski definition) is 2. The summed E-state index contributed by atoms with van der Waals surface area (Å²) in [6, 6.07) is 5.32. The van der Waals surface area contributed by atoms with E-state index in [0.29, 0.717) is 18.7 Å². The molecule has 1 atom stereocenters. The molecule has 134 valence electrons. The summed E-state index contributed by atoms with van der Waals surface area (Å²) >= 11 is 0. The average Bonchev–Trinajstić information content (AvgIpc) is 2.64. The summed E-state index contributed by atoms with van der Waals surface area (Å²) in [6.45, 7) is 3.64. The molecule has 1 unspecified atom stereocenters. The van der Waals surface area contributed by atoms with E-state index in [1.807, 2.05) is 18.5 Å². The van der Waals surface area contributed by atoms with Gasteiger partial charge in [-0.3, -0.25) is 9.88 Å². The fourth-order valence-electron chi connectivity index (χ4n) is 4.44. The SMILES string of the molecule is OCCC(NC1CCN(Cc2cccnc2)CC1)C1CCCCC1. The third-order valence-electron chi connectivity index (χ3n) is 5.83. The maximum atomic E-state index is 9.45. The van der Waals surface area contributed by atoms with E-state index in [0.717, 1.165) is 32.0 Å². The minimum atomic E-state index is 0.314. The van der Waals surface area contributed by atoms with Gasteiger partial charge in [0, 0.05) is 37.6 Å². The molecule has 4 heteroatoms. The zero-order chi connectivity index (χ0) is 16.6. The Labute approximate surface area is 146 Å². The van der Waals surface area contributed by atoms with E-state index in [9.17, 15) is 5.11 Å². The molecule has 1 aliphatic carbocycles. The summed E-state index contributed by atoms with van der Waals surface area (Å²) in [6.07, 6.45) is 14.0. The lowest BCUT2D eigenvalue weighted by Crippen LogP contribution is -2.49. The minimum Gasteiger partial charge on any atom is -0.396 e. The summed E-state index contributed by atoms with van der Waals surface area (Å²) < 4.78 is 0. The molecule has 24 heavy (non-hydrogen) atoms. The number of pyridine rings is 1. The Kier molecular flexibility index (Phi) is 7.06. The van der Waals surface area contributed by atoms with Gasteiger partial charge in [-0.05, 0) is 62.7 Å². The molecule has 0 radical (unpaired) electrons. The lowest BCUT2D eigenvalue weighted by molar-refractivity contribution is 0.152. The van der Waals surface area contributed by atoms with Crippen LogP contribution in [-0.4, -0.2) is 46.8 Å². The molecule has 1 aliphatic heterocycles. The number of likely N-dealkylation sites (tertiary alicyclic amines) is 1. The molecule has 0 spiro atoms. The summed E-state index contributed by atoms with van der Waals surface area (Å²) in [7, 11) is 0. The van der Waals surface area contributed by atoms with E-state index in [1.165, 1.54) is 50.5 Å². The lowest BCUT2D eigenvalue weighted by atomic mass is 9.82. The van der Waals surface area contributed by atoms with Crippen molar-refractivity contribution in [1.29, 1.82) is 0 Å². The van der Waals surface area contributed by atoms with Gasteiger partial charge in [0.2, 0.25) is 0 Å². The number of aromatic nitrogens is 1. The molecule has 1 saturated carbocycles. The van der Waals surface area contributed by atoms with Crippen LogP contribution >= 0.6 is 0 Å². The van der Waals surface area contributed by atoms with Crippen LogP contribution in [0.3, 0.4) is 0 Å². The second kappa shape index (κ2) is 9.50. The fourth-order valence-corrected chi connectivity index (χ4v) is 4.44. The maximum Gasteiger partial charge on any atom is 0.0445 e. The Bertz CT molecular complexity index is 453. The van der Waals surface area contributed by atoms with E-state index in [1.54, 1.807) is 0 Å². The van der Waals surface area contributed by atoms with Gasteiger partial charge in [0.25, 0.3) is 0 Å². The zero-order valence-corrected chi connectivity index (χ0v) is 14.9. The quantitative estimate of drug-likeness (QED) is 0.806. The smallest absolute Gasteiger partial charge is 0.0445 e. The molecule has 2 heterocycles. The summed E-state index contributed by atoms with van der Waals surface area (Å²) in [5, 5.41) is 13.4. The highest BCUT2D eigenvalue weighted by Crippen LogP contribution is 2.28. The average molecular weight is 332 g/mol. The summed E-state index contributed by atoms with van der Waals surface area (Å²) in [5.41, 5.74) is 1.31. The van der Waals surface area contributed by atoms with Gasteiger partial charge in [-0.2, -0.15) is 0 Å². The number of aliphatic hydroxyl groups excluding tert-OH is 1. The number of rotatable bonds is 7. The first-order valence-electron chi connectivity index (χ1n) is 9.83. The Hall–Kier alpha value is -0.970. The van der Waals surface area contributed by atoms with Gasteiger partial charge < -0.3 is 10.4 Å². The van der Waals surface area contributed by atoms with Crippen molar-refractivity contribution in [3.05, 3.63) is 30.1 Å². The molecule has 0 amide bonds. The second-order valence-electron chi connectivity index (χ2n) is 7.60. The standard InChI is InChI=1S/C20H33N3O/c24-14-10-20(18-6-2-1-3-7-18)22-19-8-12-23(13-9-19)16-17-5-4-11-21-15-17/h4-5,11,15,18-20,22,24H,1-3,6-10,12-14,16H2. The van der Waals surface area contributed by atoms with Crippen molar-refractivity contribution in [1.82, 2.24) is 15.2 Å².